The van der Waals surface area contributed by atoms with Crippen LogP contribution < -0.4 is 5.73 Å². The largest absolute Gasteiger partial charge is 0.377 e. The molecule has 1 aliphatic carbocycles. The van der Waals surface area contributed by atoms with Gasteiger partial charge in [-0.3, -0.25) is 4.90 Å². The van der Waals surface area contributed by atoms with Crippen molar-refractivity contribution in [3.63, 3.8) is 0 Å². The van der Waals surface area contributed by atoms with Gasteiger partial charge < -0.3 is 10.5 Å². The molecule has 3 heteroatoms. The third-order valence-corrected chi connectivity index (χ3v) is 4.77. The van der Waals surface area contributed by atoms with E-state index < -0.39 is 0 Å². The number of hydrogen-bond acceptors (Lipinski definition) is 3. The van der Waals surface area contributed by atoms with E-state index in [0.717, 1.165) is 19.7 Å². The van der Waals surface area contributed by atoms with Crippen LogP contribution in [-0.2, 0) is 4.74 Å². The summed E-state index contributed by atoms with van der Waals surface area (Å²) in [6, 6.07) is 0. The Bertz CT molecular complexity index is 261. The molecule has 1 aliphatic heterocycles. The molecule has 100 valence electrons. The third kappa shape index (κ3) is 2.83. The predicted octanol–water partition coefficient (Wildman–Crippen LogP) is 2.00. The zero-order valence-electron chi connectivity index (χ0n) is 11.7. The van der Waals surface area contributed by atoms with Gasteiger partial charge in [0.2, 0.25) is 0 Å². The lowest BCUT2D eigenvalue weighted by Crippen LogP contribution is -2.52. The Hall–Kier alpha value is -0.120. The molecule has 3 nitrogen and oxygen atoms in total. The third-order valence-electron chi connectivity index (χ3n) is 4.77. The fourth-order valence-electron chi connectivity index (χ4n) is 3.58. The summed E-state index contributed by atoms with van der Waals surface area (Å²) in [6.45, 7) is 7.50. The van der Waals surface area contributed by atoms with E-state index in [1.54, 1.807) is 0 Å². The molecule has 0 spiro atoms. The molecule has 0 amide bonds. The van der Waals surface area contributed by atoms with Crippen LogP contribution in [0, 0.1) is 5.41 Å². The van der Waals surface area contributed by atoms with Crippen LogP contribution in [0.15, 0.2) is 0 Å². The summed E-state index contributed by atoms with van der Waals surface area (Å²) in [4.78, 5) is 2.48. The zero-order chi connectivity index (χ0) is 12.5. The van der Waals surface area contributed by atoms with Gasteiger partial charge >= 0.3 is 0 Å². The second kappa shape index (κ2) is 4.87. The summed E-state index contributed by atoms with van der Waals surface area (Å²) in [5.41, 5.74) is 6.75. The highest BCUT2D eigenvalue weighted by molar-refractivity contribution is 5.01. The van der Waals surface area contributed by atoms with Crippen molar-refractivity contribution in [1.29, 1.82) is 0 Å². The minimum atomic E-state index is 0.218. The van der Waals surface area contributed by atoms with Crippen LogP contribution in [0.25, 0.3) is 0 Å². The Kier molecular flexibility index (Phi) is 3.81. The molecular formula is C14H28N2O. The maximum absolute atomic E-state index is 6.08. The standard InChI is InChI=1S/C14H28N2O/c1-13(2)6-7-14(10-13,11-15)16(3)9-12-5-4-8-17-12/h12H,4-11,15H2,1-3H3. The minimum absolute atomic E-state index is 0.218. The molecule has 1 saturated carbocycles. The van der Waals surface area contributed by atoms with E-state index in [1.807, 2.05) is 0 Å². The van der Waals surface area contributed by atoms with Gasteiger partial charge in [0.1, 0.15) is 0 Å². The molecule has 0 aromatic heterocycles. The van der Waals surface area contributed by atoms with Gasteiger partial charge in [-0.15, -0.1) is 0 Å². The van der Waals surface area contributed by atoms with Crippen molar-refractivity contribution in [2.45, 2.75) is 57.6 Å². The number of hydrogen-bond donors (Lipinski definition) is 1. The highest BCUT2D eigenvalue weighted by Crippen LogP contribution is 2.45. The van der Waals surface area contributed by atoms with Crippen molar-refractivity contribution in [2.24, 2.45) is 11.1 Å². The van der Waals surface area contributed by atoms with Crippen LogP contribution in [0.3, 0.4) is 0 Å². The van der Waals surface area contributed by atoms with Crippen LogP contribution in [0.2, 0.25) is 0 Å². The highest BCUT2D eigenvalue weighted by Gasteiger charge is 2.45. The molecular weight excluding hydrogens is 212 g/mol. The summed E-state index contributed by atoms with van der Waals surface area (Å²) in [5.74, 6) is 0. The normalized spacial score (nSPS) is 36.9. The predicted molar refractivity (Wildman–Crippen MR) is 71.0 cm³/mol. The summed E-state index contributed by atoms with van der Waals surface area (Å²) in [5, 5.41) is 0. The molecule has 0 aromatic carbocycles. The Morgan fingerprint density at radius 1 is 1.35 bits per heavy atom. The highest BCUT2D eigenvalue weighted by atomic mass is 16.5. The lowest BCUT2D eigenvalue weighted by Gasteiger charge is -2.40. The van der Waals surface area contributed by atoms with Crippen molar-refractivity contribution in [3.8, 4) is 0 Å². The molecule has 2 aliphatic rings. The fraction of sp³-hybridized carbons (Fsp3) is 1.00. The van der Waals surface area contributed by atoms with Crippen molar-refractivity contribution >= 4 is 0 Å². The minimum Gasteiger partial charge on any atom is -0.377 e. The number of likely N-dealkylation sites (N-methyl/N-ethyl adjacent to an activating group) is 1. The molecule has 2 rings (SSSR count). The Balaban J connectivity index is 1.97. The van der Waals surface area contributed by atoms with Crippen molar-refractivity contribution in [1.82, 2.24) is 4.90 Å². The van der Waals surface area contributed by atoms with Gasteiger partial charge in [0.15, 0.2) is 0 Å². The van der Waals surface area contributed by atoms with Gasteiger partial charge in [0, 0.05) is 25.2 Å². The second-order valence-electron chi connectivity index (χ2n) is 6.79. The van der Waals surface area contributed by atoms with E-state index in [4.69, 9.17) is 10.5 Å². The summed E-state index contributed by atoms with van der Waals surface area (Å²) >= 11 is 0. The molecule has 17 heavy (non-hydrogen) atoms. The van der Waals surface area contributed by atoms with Crippen LogP contribution in [0.4, 0.5) is 0 Å². The summed E-state index contributed by atoms with van der Waals surface area (Å²) in [6.07, 6.45) is 6.63. The van der Waals surface area contributed by atoms with Gasteiger partial charge in [-0.05, 0) is 44.6 Å². The van der Waals surface area contributed by atoms with Crippen molar-refractivity contribution < 1.29 is 4.74 Å². The van der Waals surface area contributed by atoms with E-state index in [-0.39, 0.29) is 5.54 Å². The lowest BCUT2D eigenvalue weighted by molar-refractivity contribution is 0.0353. The van der Waals surface area contributed by atoms with Crippen molar-refractivity contribution in [3.05, 3.63) is 0 Å². The average Bonchev–Trinajstić information content (AvgIpc) is 2.86. The molecule has 0 aromatic rings. The van der Waals surface area contributed by atoms with Gasteiger partial charge in [0.05, 0.1) is 6.10 Å². The Morgan fingerprint density at radius 2 is 2.12 bits per heavy atom. The molecule has 2 unspecified atom stereocenters. The molecule has 1 heterocycles. The summed E-state index contributed by atoms with van der Waals surface area (Å²) < 4.78 is 5.74. The lowest BCUT2D eigenvalue weighted by atomic mass is 9.86. The number of rotatable bonds is 4. The molecule has 0 radical (unpaired) electrons. The maximum atomic E-state index is 6.08. The second-order valence-corrected chi connectivity index (χ2v) is 6.79. The topological polar surface area (TPSA) is 38.5 Å². The van der Waals surface area contributed by atoms with Gasteiger partial charge in [0.25, 0.3) is 0 Å². The molecule has 2 N–H and O–H groups in total. The van der Waals surface area contributed by atoms with Gasteiger partial charge in [-0.2, -0.15) is 0 Å². The van der Waals surface area contributed by atoms with Gasteiger partial charge in [-0.25, -0.2) is 0 Å². The Morgan fingerprint density at radius 3 is 2.59 bits per heavy atom. The first kappa shape index (κ1) is 13.3. The van der Waals surface area contributed by atoms with E-state index >= 15 is 0 Å². The van der Waals surface area contributed by atoms with Gasteiger partial charge in [-0.1, -0.05) is 13.8 Å². The first-order valence-electron chi connectivity index (χ1n) is 7.00. The monoisotopic (exact) mass is 240 g/mol. The smallest absolute Gasteiger partial charge is 0.0702 e. The summed E-state index contributed by atoms with van der Waals surface area (Å²) in [7, 11) is 2.23. The van der Waals surface area contributed by atoms with Crippen molar-refractivity contribution in [2.75, 3.05) is 26.7 Å². The Labute approximate surface area is 106 Å². The molecule has 2 fully saturated rings. The molecule has 0 bridgehead atoms. The number of ether oxygens (including phenoxy) is 1. The van der Waals surface area contributed by atoms with Crippen LogP contribution in [0.5, 0.6) is 0 Å². The maximum Gasteiger partial charge on any atom is 0.0702 e. The average molecular weight is 240 g/mol. The number of nitrogens with zero attached hydrogens (tertiary/aromatic N) is 1. The van der Waals surface area contributed by atoms with E-state index in [0.29, 0.717) is 11.5 Å². The SMILES string of the molecule is CN(CC1CCCO1)C1(CN)CCC(C)(C)C1. The fourth-order valence-corrected chi connectivity index (χ4v) is 3.58. The molecule has 1 saturated heterocycles. The van der Waals surface area contributed by atoms with Crippen LogP contribution >= 0.6 is 0 Å². The zero-order valence-corrected chi connectivity index (χ0v) is 11.7. The number of nitrogens with two attached hydrogens (primary N) is 1. The van der Waals surface area contributed by atoms with E-state index in [2.05, 4.69) is 25.8 Å². The molecule has 2 atom stereocenters. The first-order valence-corrected chi connectivity index (χ1v) is 7.00. The van der Waals surface area contributed by atoms with Crippen LogP contribution in [0.1, 0.15) is 46.0 Å². The van der Waals surface area contributed by atoms with Crippen LogP contribution in [-0.4, -0.2) is 43.3 Å². The van der Waals surface area contributed by atoms with E-state index in [9.17, 15) is 0 Å². The quantitative estimate of drug-likeness (QED) is 0.817. The van der Waals surface area contributed by atoms with E-state index in [1.165, 1.54) is 32.1 Å². The first-order chi connectivity index (χ1) is 7.97.